The number of rotatable bonds is 4. The second-order valence-electron chi connectivity index (χ2n) is 5.48. The minimum atomic E-state index is -0.433. The van der Waals surface area contributed by atoms with Gasteiger partial charge in [0.25, 0.3) is 5.91 Å². The number of carbonyl (C=O) groups excluding carboxylic acids is 2. The van der Waals surface area contributed by atoms with Crippen LogP contribution < -0.4 is 21.3 Å². The molecule has 0 saturated carbocycles. The number of nitrogens with zero attached hydrogens (tertiary/aromatic N) is 1. The van der Waals surface area contributed by atoms with Crippen molar-refractivity contribution in [2.45, 2.75) is 25.0 Å². The monoisotopic (exact) mass is 340 g/mol. The Bertz CT molecular complexity index is 566. The van der Waals surface area contributed by atoms with Crippen molar-refractivity contribution in [2.24, 2.45) is 5.73 Å². The van der Waals surface area contributed by atoms with Crippen LogP contribution >= 0.6 is 12.4 Å². The highest BCUT2D eigenvalue weighted by Gasteiger charge is 2.29. The van der Waals surface area contributed by atoms with Crippen molar-refractivity contribution in [1.29, 1.82) is 0 Å². The molecule has 7 nitrogen and oxygen atoms in total. The van der Waals surface area contributed by atoms with Crippen LogP contribution in [0.2, 0.25) is 0 Å². The maximum Gasteiger partial charge on any atom is 0.321 e. The molecule has 1 aromatic carbocycles. The van der Waals surface area contributed by atoms with Gasteiger partial charge in [-0.1, -0.05) is 0 Å². The Hall–Kier alpha value is -1.83. The zero-order chi connectivity index (χ0) is 15.5. The standard InChI is InChI=1S/C15H20N4O3.ClH/c16-9-12-5-6-13(22-12)14(20)18-10-1-3-11(4-2-10)19-8-7-17-15(19)21;/h1-4,12-13H,5-9,16H2,(H,17,21)(H,18,20);1H/t12-,13+;/m1./s1. The Morgan fingerprint density at radius 3 is 2.65 bits per heavy atom. The van der Waals surface area contributed by atoms with E-state index in [0.717, 1.165) is 12.1 Å². The molecule has 2 aliphatic heterocycles. The number of urea groups is 1. The van der Waals surface area contributed by atoms with Crippen LogP contribution in [0.15, 0.2) is 24.3 Å². The molecule has 1 aromatic rings. The quantitative estimate of drug-likeness (QED) is 0.764. The lowest BCUT2D eigenvalue weighted by atomic mass is 10.2. The zero-order valence-electron chi connectivity index (χ0n) is 12.7. The van der Waals surface area contributed by atoms with E-state index >= 15 is 0 Å². The van der Waals surface area contributed by atoms with Crippen LogP contribution in [0.1, 0.15) is 12.8 Å². The zero-order valence-corrected chi connectivity index (χ0v) is 13.5. The lowest BCUT2D eigenvalue weighted by Crippen LogP contribution is -2.30. The summed E-state index contributed by atoms with van der Waals surface area (Å²) in [6.45, 7) is 1.75. The first kappa shape index (κ1) is 17.5. The van der Waals surface area contributed by atoms with Crippen LogP contribution in [-0.2, 0) is 9.53 Å². The molecule has 0 radical (unpaired) electrons. The van der Waals surface area contributed by atoms with Gasteiger partial charge in [0, 0.05) is 31.0 Å². The van der Waals surface area contributed by atoms with Gasteiger partial charge in [0.05, 0.1) is 6.10 Å². The number of halogens is 1. The van der Waals surface area contributed by atoms with Gasteiger partial charge in [-0.25, -0.2) is 4.79 Å². The van der Waals surface area contributed by atoms with E-state index in [4.69, 9.17) is 10.5 Å². The Balaban J connectivity index is 0.00000192. The molecule has 126 valence electrons. The fourth-order valence-electron chi connectivity index (χ4n) is 2.74. The number of anilines is 2. The lowest BCUT2D eigenvalue weighted by molar-refractivity contribution is -0.126. The molecule has 8 heteroatoms. The third kappa shape index (κ3) is 3.93. The fraction of sp³-hybridized carbons (Fsp3) is 0.467. The summed E-state index contributed by atoms with van der Waals surface area (Å²) >= 11 is 0. The van der Waals surface area contributed by atoms with Crippen molar-refractivity contribution >= 4 is 35.7 Å². The predicted octanol–water partition coefficient (Wildman–Crippen LogP) is 1.08. The molecule has 0 aliphatic carbocycles. The van der Waals surface area contributed by atoms with Crippen molar-refractivity contribution in [3.05, 3.63) is 24.3 Å². The molecule has 2 atom stereocenters. The minimum Gasteiger partial charge on any atom is -0.364 e. The Morgan fingerprint density at radius 1 is 1.35 bits per heavy atom. The third-order valence-electron chi connectivity index (χ3n) is 3.97. The molecule has 3 rings (SSSR count). The summed E-state index contributed by atoms with van der Waals surface area (Å²) in [5.74, 6) is -0.150. The first-order valence-corrected chi connectivity index (χ1v) is 7.49. The van der Waals surface area contributed by atoms with Gasteiger partial charge in [-0.05, 0) is 37.1 Å². The van der Waals surface area contributed by atoms with E-state index in [0.29, 0.717) is 31.7 Å². The van der Waals surface area contributed by atoms with Gasteiger partial charge in [0.2, 0.25) is 0 Å². The van der Waals surface area contributed by atoms with Gasteiger partial charge in [0.15, 0.2) is 0 Å². The first-order valence-electron chi connectivity index (χ1n) is 7.49. The highest BCUT2D eigenvalue weighted by atomic mass is 35.5. The summed E-state index contributed by atoms with van der Waals surface area (Å²) in [4.78, 5) is 25.4. The Morgan fingerprint density at radius 2 is 2.09 bits per heavy atom. The Labute approximate surface area is 140 Å². The molecule has 0 unspecified atom stereocenters. The number of carbonyl (C=O) groups is 2. The van der Waals surface area contributed by atoms with Crippen LogP contribution in [0.4, 0.5) is 16.2 Å². The highest BCUT2D eigenvalue weighted by molar-refractivity contribution is 5.96. The van der Waals surface area contributed by atoms with E-state index in [1.165, 1.54) is 0 Å². The smallest absolute Gasteiger partial charge is 0.321 e. The summed E-state index contributed by atoms with van der Waals surface area (Å²) in [6.07, 6.45) is 1.06. The van der Waals surface area contributed by atoms with E-state index < -0.39 is 6.10 Å². The van der Waals surface area contributed by atoms with Crippen molar-refractivity contribution in [3.8, 4) is 0 Å². The summed E-state index contributed by atoms with van der Waals surface area (Å²) in [5, 5.41) is 5.59. The van der Waals surface area contributed by atoms with E-state index in [2.05, 4.69) is 10.6 Å². The topological polar surface area (TPSA) is 96.7 Å². The minimum absolute atomic E-state index is 0. The normalized spacial score (nSPS) is 23.3. The highest BCUT2D eigenvalue weighted by Crippen LogP contribution is 2.22. The van der Waals surface area contributed by atoms with Gasteiger partial charge < -0.3 is 21.1 Å². The molecule has 0 aromatic heterocycles. The second-order valence-corrected chi connectivity index (χ2v) is 5.48. The van der Waals surface area contributed by atoms with E-state index in [9.17, 15) is 9.59 Å². The fourth-order valence-corrected chi connectivity index (χ4v) is 2.74. The molecule has 2 aliphatic rings. The number of benzene rings is 1. The molecule has 0 bridgehead atoms. The largest absolute Gasteiger partial charge is 0.364 e. The summed E-state index contributed by atoms with van der Waals surface area (Å²) < 4.78 is 5.57. The number of ether oxygens (including phenoxy) is 1. The molecular weight excluding hydrogens is 320 g/mol. The van der Waals surface area contributed by atoms with Crippen LogP contribution in [-0.4, -0.2) is 43.8 Å². The van der Waals surface area contributed by atoms with Crippen molar-refractivity contribution in [2.75, 3.05) is 29.9 Å². The van der Waals surface area contributed by atoms with Crippen LogP contribution in [0.25, 0.3) is 0 Å². The first-order chi connectivity index (χ1) is 10.7. The Kier molecular flexibility index (Phi) is 5.81. The van der Waals surface area contributed by atoms with Crippen LogP contribution in [0, 0.1) is 0 Å². The maximum absolute atomic E-state index is 12.1. The van der Waals surface area contributed by atoms with E-state index in [1.54, 1.807) is 17.0 Å². The average molecular weight is 341 g/mol. The number of nitrogens with one attached hydrogen (secondary N) is 2. The van der Waals surface area contributed by atoms with Gasteiger partial charge in [-0.2, -0.15) is 0 Å². The van der Waals surface area contributed by atoms with Gasteiger partial charge in [-0.15, -0.1) is 12.4 Å². The third-order valence-corrected chi connectivity index (χ3v) is 3.97. The molecule has 2 saturated heterocycles. The summed E-state index contributed by atoms with van der Waals surface area (Å²) in [6, 6.07) is 7.11. The number of amides is 3. The van der Waals surface area contributed by atoms with Crippen molar-refractivity contribution in [1.82, 2.24) is 5.32 Å². The van der Waals surface area contributed by atoms with Crippen molar-refractivity contribution < 1.29 is 14.3 Å². The maximum atomic E-state index is 12.1. The molecule has 4 N–H and O–H groups in total. The SMILES string of the molecule is Cl.NC[C@H]1CC[C@@H](C(=O)Nc2ccc(N3CCNC3=O)cc2)O1. The van der Waals surface area contributed by atoms with Gasteiger partial charge in [0.1, 0.15) is 6.10 Å². The van der Waals surface area contributed by atoms with Crippen LogP contribution in [0.3, 0.4) is 0 Å². The predicted molar refractivity (Wildman–Crippen MR) is 90.0 cm³/mol. The number of hydrogen-bond donors (Lipinski definition) is 3. The number of hydrogen-bond acceptors (Lipinski definition) is 4. The number of nitrogens with two attached hydrogens (primary N) is 1. The van der Waals surface area contributed by atoms with E-state index in [1.807, 2.05) is 12.1 Å². The van der Waals surface area contributed by atoms with Crippen molar-refractivity contribution in [3.63, 3.8) is 0 Å². The molecule has 0 spiro atoms. The van der Waals surface area contributed by atoms with Crippen LogP contribution in [0.5, 0.6) is 0 Å². The summed E-state index contributed by atoms with van der Waals surface area (Å²) in [7, 11) is 0. The molecular formula is C15H21ClN4O3. The van der Waals surface area contributed by atoms with Gasteiger partial charge in [-0.3, -0.25) is 9.69 Å². The molecule has 2 fully saturated rings. The van der Waals surface area contributed by atoms with E-state index in [-0.39, 0.29) is 30.4 Å². The molecule has 23 heavy (non-hydrogen) atoms. The molecule has 2 heterocycles. The van der Waals surface area contributed by atoms with Gasteiger partial charge >= 0.3 is 6.03 Å². The second kappa shape index (κ2) is 7.63. The molecule has 3 amide bonds. The average Bonchev–Trinajstić information content (AvgIpc) is 3.17. The summed E-state index contributed by atoms with van der Waals surface area (Å²) in [5.41, 5.74) is 7.04. The lowest BCUT2D eigenvalue weighted by Gasteiger charge is -2.16.